The van der Waals surface area contributed by atoms with E-state index in [0.717, 1.165) is 34.0 Å². The van der Waals surface area contributed by atoms with Crippen molar-refractivity contribution in [2.75, 3.05) is 0 Å². The van der Waals surface area contributed by atoms with Crippen LogP contribution in [0, 0.1) is 6.92 Å². The molecule has 0 saturated carbocycles. The number of aliphatic hydroxyl groups is 1. The fourth-order valence-corrected chi connectivity index (χ4v) is 2.03. The van der Waals surface area contributed by atoms with Gasteiger partial charge in [-0.1, -0.05) is 24.6 Å². The highest BCUT2D eigenvalue weighted by Crippen LogP contribution is 2.21. The van der Waals surface area contributed by atoms with Gasteiger partial charge in [0.25, 0.3) is 0 Å². The van der Waals surface area contributed by atoms with Crippen molar-refractivity contribution in [1.29, 1.82) is 0 Å². The number of nitrogens with zero attached hydrogens (tertiary/aromatic N) is 2. The predicted molar refractivity (Wildman–Crippen MR) is 68.6 cm³/mol. The van der Waals surface area contributed by atoms with E-state index in [0.29, 0.717) is 0 Å². The minimum absolute atomic E-state index is 0.0166. The summed E-state index contributed by atoms with van der Waals surface area (Å²) < 4.78 is 1.83. The van der Waals surface area contributed by atoms with Crippen molar-refractivity contribution in [3.05, 3.63) is 46.2 Å². The maximum atomic E-state index is 9.23. The second-order valence-corrected chi connectivity index (χ2v) is 4.38. The maximum Gasteiger partial charge on any atom is 0.0715 e. The van der Waals surface area contributed by atoms with E-state index in [4.69, 9.17) is 11.6 Å². The lowest BCUT2D eigenvalue weighted by atomic mass is 10.2. The Morgan fingerprint density at radius 1 is 1.41 bits per heavy atom. The molecule has 0 amide bonds. The standard InChI is InChI=1S/C13H15ClN2O/c1-3-13-10(8-17)7-15-16(13)11-5-4-9(2)12(14)6-11/h4-7,17H,3,8H2,1-2H3. The van der Waals surface area contributed by atoms with Crippen molar-refractivity contribution in [3.63, 3.8) is 0 Å². The molecule has 0 aliphatic heterocycles. The largest absolute Gasteiger partial charge is 0.392 e. The zero-order valence-electron chi connectivity index (χ0n) is 9.94. The van der Waals surface area contributed by atoms with E-state index in [2.05, 4.69) is 5.10 Å². The number of rotatable bonds is 3. The molecule has 0 atom stereocenters. The first-order chi connectivity index (χ1) is 8.17. The van der Waals surface area contributed by atoms with Crippen LogP contribution in [-0.2, 0) is 13.0 Å². The molecular weight excluding hydrogens is 236 g/mol. The molecule has 0 bridgehead atoms. The fourth-order valence-electron chi connectivity index (χ4n) is 1.85. The van der Waals surface area contributed by atoms with Gasteiger partial charge in [0.1, 0.15) is 0 Å². The van der Waals surface area contributed by atoms with Crippen molar-refractivity contribution in [2.45, 2.75) is 26.9 Å². The minimum Gasteiger partial charge on any atom is -0.392 e. The number of hydrogen-bond acceptors (Lipinski definition) is 2. The Bertz CT molecular complexity index is 534. The molecule has 1 heterocycles. The highest BCUT2D eigenvalue weighted by atomic mass is 35.5. The Hall–Kier alpha value is -1.32. The predicted octanol–water partition coefficient (Wildman–Crippen LogP) is 2.89. The number of aryl methyl sites for hydroxylation is 1. The van der Waals surface area contributed by atoms with Gasteiger partial charge in [-0.2, -0.15) is 5.10 Å². The van der Waals surface area contributed by atoms with E-state index < -0.39 is 0 Å². The second-order valence-electron chi connectivity index (χ2n) is 3.97. The normalized spacial score (nSPS) is 10.8. The number of hydrogen-bond donors (Lipinski definition) is 1. The van der Waals surface area contributed by atoms with Gasteiger partial charge in [0.05, 0.1) is 18.5 Å². The number of benzene rings is 1. The van der Waals surface area contributed by atoms with Gasteiger partial charge in [0.15, 0.2) is 0 Å². The average molecular weight is 251 g/mol. The van der Waals surface area contributed by atoms with Crippen LogP contribution < -0.4 is 0 Å². The Balaban J connectivity index is 2.52. The van der Waals surface area contributed by atoms with Crippen LogP contribution in [-0.4, -0.2) is 14.9 Å². The number of aliphatic hydroxyl groups excluding tert-OH is 1. The molecule has 3 nitrogen and oxygen atoms in total. The molecule has 17 heavy (non-hydrogen) atoms. The van der Waals surface area contributed by atoms with E-state index in [1.165, 1.54) is 0 Å². The smallest absolute Gasteiger partial charge is 0.0715 e. The van der Waals surface area contributed by atoms with Crippen LogP contribution in [0.1, 0.15) is 23.7 Å². The number of halogens is 1. The van der Waals surface area contributed by atoms with Crippen LogP contribution in [0.15, 0.2) is 24.4 Å². The summed E-state index contributed by atoms with van der Waals surface area (Å²) >= 11 is 6.11. The molecule has 0 unspecified atom stereocenters. The third-order valence-corrected chi connectivity index (χ3v) is 3.27. The highest BCUT2D eigenvalue weighted by Gasteiger charge is 2.10. The van der Waals surface area contributed by atoms with Gasteiger partial charge < -0.3 is 5.11 Å². The Kier molecular flexibility index (Phi) is 3.50. The monoisotopic (exact) mass is 250 g/mol. The lowest BCUT2D eigenvalue weighted by molar-refractivity contribution is 0.280. The van der Waals surface area contributed by atoms with Crippen molar-refractivity contribution < 1.29 is 5.11 Å². The summed E-state index contributed by atoms with van der Waals surface area (Å²) in [5, 5.41) is 14.3. The highest BCUT2D eigenvalue weighted by molar-refractivity contribution is 6.31. The first-order valence-corrected chi connectivity index (χ1v) is 5.98. The SMILES string of the molecule is CCc1c(CO)cnn1-c1ccc(C)c(Cl)c1. The molecule has 2 rings (SSSR count). The van der Waals surface area contributed by atoms with Crippen LogP contribution in [0.25, 0.3) is 5.69 Å². The van der Waals surface area contributed by atoms with Crippen molar-refractivity contribution in [3.8, 4) is 5.69 Å². The van der Waals surface area contributed by atoms with Crippen molar-refractivity contribution >= 4 is 11.6 Å². The van der Waals surface area contributed by atoms with Gasteiger partial charge in [-0.05, 0) is 31.0 Å². The lowest BCUT2D eigenvalue weighted by Crippen LogP contribution is -2.03. The molecule has 0 aliphatic rings. The molecular formula is C13H15ClN2O. The van der Waals surface area contributed by atoms with Gasteiger partial charge in [0.2, 0.25) is 0 Å². The minimum atomic E-state index is 0.0166. The molecule has 1 aromatic carbocycles. The van der Waals surface area contributed by atoms with Gasteiger partial charge in [0, 0.05) is 16.3 Å². The molecule has 0 saturated heterocycles. The molecule has 0 radical (unpaired) electrons. The van der Waals surface area contributed by atoms with Crippen LogP contribution >= 0.6 is 11.6 Å². The second kappa shape index (κ2) is 4.90. The van der Waals surface area contributed by atoms with E-state index in [-0.39, 0.29) is 6.61 Å². The summed E-state index contributed by atoms with van der Waals surface area (Å²) in [6, 6.07) is 5.84. The molecule has 1 N–H and O–H groups in total. The maximum absolute atomic E-state index is 9.23. The quantitative estimate of drug-likeness (QED) is 0.910. The summed E-state index contributed by atoms with van der Waals surface area (Å²) in [5.41, 5.74) is 3.86. The fraction of sp³-hybridized carbons (Fsp3) is 0.308. The van der Waals surface area contributed by atoms with Crippen LogP contribution in [0.5, 0.6) is 0 Å². The topological polar surface area (TPSA) is 38.1 Å². The van der Waals surface area contributed by atoms with Crippen LogP contribution in [0.4, 0.5) is 0 Å². The van der Waals surface area contributed by atoms with Gasteiger partial charge in [-0.3, -0.25) is 0 Å². The van der Waals surface area contributed by atoms with Crippen molar-refractivity contribution in [1.82, 2.24) is 9.78 Å². The molecule has 4 heteroatoms. The average Bonchev–Trinajstić information content (AvgIpc) is 2.75. The summed E-state index contributed by atoms with van der Waals surface area (Å²) in [4.78, 5) is 0. The third kappa shape index (κ3) is 2.21. The molecule has 0 spiro atoms. The molecule has 90 valence electrons. The van der Waals surface area contributed by atoms with Crippen molar-refractivity contribution in [2.24, 2.45) is 0 Å². The summed E-state index contributed by atoms with van der Waals surface area (Å²) in [6.07, 6.45) is 2.52. The molecule has 2 aromatic rings. The summed E-state index contributed by atoms with van der Waals surface area (Å²) in [7, 11) is 0. The number of aromatic nitrogens is 2. The first kappa shape index (κ1) is 12.1. The molecule has 0 fully saturated rings. The molecule has 0 aliphatic carbocycles. The van der Waals surface area contributed by atoms with Crippen LogP contribution in [0.2, 0.25) is 5.02 Å². The van der Waals surface area contributed by atoms with E-state index in [1.54, 1.807) is 6.20 Å². The first-order valence-electron chi connectivity index (χ1n) is 5.60. The van der Waals surface area contributed by atoms with Gasteiger partial charge in [-0.25, -0.2) is 4.68 Å². The summed E-state index contributed by atoms with van der Waals surface area (Å²) in [5.74, 6) is 0. The Labute approximate surface area is 106 Å². The zero-order valence-corrected chi connectivity index (χ0v) is 10.7. The third-order valence-electron chi connectivity index (χ3n) is 2.86. The van der Waals surface area contributed by atoms with Gasteiger partial charge >= 0.3 is 0 Å². The van der Waals surface area contributed by atoms with E-state index in [9.17, 15) is 5.11 Å². The van der Waals surface area contributed by atoms with Gasteiger partial charge in [-0.15, -0.1) is 0 Å². The van der Waals surface area contributed by atoms with E-state index >= 15 is 0 Å². The summed E-state index contributed by atoms with van der Waals surface area (Å²) in [6.45, 7) is 4.03. The van der Waals surface area contributed by atoms with E-state index in [1.807, 2.05) is 36.7 Å². The van der Waals surface area contributed by atoms with Crippen LogP contribution in [0.3, 0.4) is 0 Å². The lowest BCUT2D eigenvalue weighted by Gasteiger charge is -2.08. The molecule has 1 aromatic heterocycles. The zero-order chi connectivity index (χ0) is 12.4. The Morgan fingerprint density at radius 2 is 2.18 bits per heavy atom. The Morgan fingerprint density at radius 3 is 2.76 bits per heavy atom.